The molecular formula is C14H16N2O2. The fourth-order valence-corrected chi connectivity index (χ4v) is 1.94. The van der Waals surface area contributed by atoms with Gasteiger partial charge in [0.15, 0.2) is 0 Å². The highest BCUT2D eigenvalue weighted by atomic mass is 16.5. The molecule has 1 heterocycles. The van der Waals surface area contributed by atoms with Gasteiger partial charge >= 0.3 is 0 Å². The molecule has 94 valence electrons. The fourth-order valence-electron chi connectivity index (χ4n) is 1.94. The van der Waals surface area contributed by atoms with Crippen molar-refractivity contribution in [3.8, 4) is 17.0 Å². The molecule has 0 bridgehead atoms. The second-order valence-corrected chi connectivity index (χ2v) is 4.31. The van der Waals surface area contributed by atoms with Crippen LogP contribution in [0.3, 0.4) is 0 Å². The summed E-state index contributed by atoms with van der Waals surface area (Å²) in [7, 11) is 1.63. The van der Waals surface area contributed by atoms with E-state index in [1.165, 1.54) is 0 Å². The third kappa shape index (κ3) is 2.14. The molecule has 0 fully saturated rings. The van der Waals surface area contributed by atoms with Gasteiger partial charge in [-0.05, 0) is 44.5 Å². The van der Waals surface area contributed by atoms with Crippen LogP contribution in [0.2, 0.25) is 0 Å². The zero-order valence-corrected chi connectivity index (χ0v) is 11.0. The van der Waals surface area contributed by atoms with Gasteiger partial charge in [-0.2, -0.15) is 0 Å². The molecule has 1 aromatic heterocycles. The number of benzene rings is 1. The molecular weight excluding hydrogens is 228 g/mol. The van der Waals surface area contributed by atoms with Crippen LogP contribution in [-0.2, 0) is 0 Å². The predicted molar refractivity (Wildman–Crippen MR) is 71.1 cm³/mol. The number of rotatable bonds is 2. The number of H-pyrrole nitrogens is 1. The number of hydrogen-bond donors (Lipinski definition) is 1. The number of ether oxygens (including phenoxy) is 1. The van der Waals surface area contributed by atoms with Crippen molar-refractivity contribution in [2.75, 3.05) is 7.11 Å². The van der Waals surface area contributed by atoms with Gasteiger partial charge in [-0.15, -0.1) is 0 Å². The Bertz CT molecular complexity index is 645. The number of nitrogens with zero attached hydrogens (tertiary/aromatic N) is 1. The Morgan fingerprint density at radius 3 is 2.56 bits per heavy atom. The van der Waals surface area contributed by atoms with Gasteiger partial charge < -0.3 is 9.72 Å². The predicted octanol–water partition coefficient (Wildman–Crippen LogP) is 2.37. The van der Waals surface area contributed by atoms with Crippen molar-refractivity contribution in [3.05, 3.63) is 45.5 Å². The summed E-state index contributed by atoms with van der Waals surface area (Å²) >= 11 is 0. The van der Waals surface area contributed by atoms with Crippen molar-refractivity contribution in [2.45, 2.75) is 20.8 Å². The monoisotopic (exact) mass is 244 g/mol. The molecule has 2 aromatic rings. The number of aromatic amines is 1. The summed E-state index contributed by atoms with van der Waals surface area (Å²) in [5.41, 5.74) is 3.27. The standard InChI is InChI=1S/C14H16N2O2/c1-8-7-11(18-4)5-6-12(8)13-9(2)14(17)16-10(3)15-13/h5-7H,1-4H3,(H,15,16,17). The Kier molecular flexibility index (Phi) is 3.19. The van der Waals surface area contributed by atoms with E-state index in [4.69, 9.17) is 4.74 Å². The van der Waals surface area contributed by atoms with Gasteiger partial charge in [0.25, 0.3) is 5.56 Å². The maximum absolute atomic E-state index is 11.7. The molecule has 0 saturated heterocycles. The van der Waals surface area contributed by atoms with Crippen LogP contribution in [0.15, 0.2) is 23.0 Å². The van der Waals surface area contributed by atoms with Crippen LogP contribution < -0.4 is 10.3 Å². The highest BCUT2D eigenvalue weighted by molar-refractivity contribution is 5.67. The lowest BCUT2D eigenvalue weighted by Crippen LogP contribution is -2.14. The van der Waals surface area contributed by atoms with E-state index in [1.807, 2.05) is 25.1 Å². The summed E-state index contributed by atoms with van der Waals surface area (Å²) in [6, 6.07) is 5.75. The first kappa shape index (κ1) is 12.4. The van der Waals surface area contributed by atoms with Crippen LogP contribution >= 0.6 is 0 Å². The number of methoxy groups -OCH3 is 1. The molecule has 4 nitrogen and oxygen atoms in total. The molecule has 2 rings (SSSR count). The molecule has 0 amide bonds. The number of hydrogen-bond acceptors (Lipinski definition) is 3. The minimum Gasteiger partial charge on any atom is -0.497 e. The quantitative estimate of drug-likeness (QED) is 0.882. The smallest absolute Gasteiger partial charge is 0.254 e. The van der Waals surface area contributed by atoms with Crippen molar-refractivity contribution in [1.29, 1.82) is 0 Å². The Hall–Kier alpha value is -2.10. The fraction of sp³-hybridized carbons (Fsp3) is 0.286. The number of nitrogens with one attached hydrogen (secondary N) is 1. The second-order valence-electron chi connectivity index (χ2n) is 4.31. The molecule has 0 saturated carbocycles. The summed E-state index contributed by atoms with van der Waals surface area (Å²) in [6.45, 7) is 5.54. The van der Waals surface area contributed by atoms with E-state index in [9.17, 15) is 4.79 Å². The highest BCUT2D eigenvalue weighted by Gasteiger charge is 2.11. The molecule has 4 heteroatoms. The third-order valence-corrected chi connectivity index (χ3v) is 2.96. The Morgan fingerprint density at radius 2 is 1.94 bits per heavy atom. The molecule has 1 N–H and O–H groups in total. The average molecular weight is 244 g/mol. The van der Waals surface area contributed by atoms with Gasteiger partial charge in [-0.3, -0.25) is 4.79 Å². The van der Waals surface area contributed by atoms with Crippen LogP contribution in [0.1, 0.15) is 17.0 Å². The molecule has 18 heavy (non-hydrogen) atoms. The van der Waals surface area contributed by atoms with Crippen molar-refractivity contribution in [1.82, 2.24) is 9.97 Å². The van der Waals surface area contributed by atoms with E-state index in [1.54, 1.807) is 21.0 Å². The number of aryl methyl sites for hydroxylation is 2. The SMILES string of the molecule is COc1ccc(-c2nc(C)[nH]c(=O)c2C)c(C)c1. The van der Waals surface area contributed by atoms with Crippen LogP contribution in [0.25, 0.3) is 11.3 Å². The normalized spacial score (nSPS) is 10.4. The first-order chi connectivity index (χ1) is 8.52. The lowest BCUT2D eigenvalue weighted by atomic mass is 10.0. The lowest BCUT2D eigenvalue weighted by Gasteiger charge is -2.10. The first-order valence-electron chi connectivity index (χ1n) is 5.75. The third-order valence-electron chi connectivity index (χ3n) is 2.96. The summed E-state index contributed by atoms with van der Waals surface area (Å²) in [6.07, 6.45) is 0. The van der Waals surface area contributed by atoms with E-state index in [0.29, 0.717) is 11.4 Å². The van der Waals surface area contributed by atoms with E-state index in [2.05, 4.69) is 9.97 Å². The van der Waals surface area contributed by atoms with Gasteiger partial charge in [0.05, 0.1) is 12.8 Å². The van der Waals surface area contributed by atoms with Gasteiger partial charge in [0.2, 0.25) is 0 Å². The van der Waals surface area contributed by atoms with Crippen LogP contribution in [0.4, 0.5) is 0 Å². The molecule has 0 aliphatic carbocycles. The van der Waals surface area contributed by atoms with Crippen LogP contribution in [0, 0.1) is 20.8 Å². The van der Waals surface area contributed by atoms with Gasteiger partial charge in [0.1, 0.15) is 11.6 Å². The molecule has 1 aromatic carbocycles. The largest absolute Gasteiger partial charge is 0.497 e. The molecule has 0 aliphatic heterocycles. The highest BCUT2D eigenvalue weighted by Crippen LogP contribution is 2.26. The zero-order valence-electron chi connectivity index (χ0n) is 11.0. The van der Waals surface area contributed by atoms with Gasteiger partial charge in [-0.25, -0.2) is 4.98 Å². The molecule has 0 atom stereocenters. The zero-order chi connectivity index (χ0) is 13.3. The Morgan fingerprint density at radius 1 is 1.22 bits per heavy atom. The van der Waals surface area contributed by atoms with Crippen LogP contribution in [0.5, 0.6) is 5.75 Å². The van der Waals surface area contributed by atoms with Crippen molar-refractivity contribution in [3.63, 3.8) is 0 Å². The second kappa shape index (κ2) is 4.64. The van der Waals surface area contributed by atoms with Gasteiger partial charge in [0, 0.05) is 11.1 Å². The summed E-state index contributed by atoms with van der Waals surface area (Å²) in [4.78, 5) is 18.9. The molecule has 0 aliphatic rings. The lowest BCUT2D eigenvalue weighted by molar-refractivity contribution is 0.414. The Labute approximate surface area is 106 Å². The van der Waals surface area contributed by atoms with E-state index in [0.717, 1.165) is 22.6 Å². The molecule has 0 radical (unpaired) electrons. The first-order valence-corrected chi connectivity index (χ1v) is 5.75. The summed E-state index contributed by atoms with van der Waals surface area (Å²) in [5.74, 6) is 1.42. The average Bonchev–Trinajstić information content (AvgIpc) is 2.34. The van der Waals surface area contributed by atoms with E-state index < -0.39 is 0 Å². The van der Waals surface area contributed by atoms with Crippen LogP contribution in [-0.4, -0.2) is 17.1 Å². The summed E-state index contributed by atoms with van der Waals surface area (Å²) in [5, 5.41) is 0. The Balaban J connectivity index is 2.66. The maximum Gasteiger partial charge on any atom is 0.254 e. The summed E-state index contributed by atoms with van der Waals surface area (Å²) < 4.78 is 5.18. The maximum atomic E-state index is 11.7. The molecule has 0 unspecified atom stereocenters. The van der Waals surface area contributed by atoms with Crippen molar-refractivity contribution >= 4 is 0 Å². The molecule has 0 spiro atoms. The van der Waals surface area contributed by atoms with E-state index in [-0.39, 0.29) is 5.56 Å². The van der Waals surface area contributed by atoms with Crippen molar-refractivity contribution in [2.24, 2.45) is 0 Å². The van der Waals surface area contributed by atoms with Crippen molar-refractivity contribution < 1.29 is 4.74 Å². The number of aromatic nitrogens is 2. The minimum atomic E-state index is -0.0901. The topological polar surface area (TPSA) is 55.0 Å². The van der Waals surface area contributed by atoms with E-state index >= 15 is 0 Å². The minimum absolute atomic E-state index is 0.0901. The van der Waals surface area contributed by atoms with Gasteiger partial charge in [-0.1, -0.05) is 0 Å².